The first-order chi connectivity index (χ1) is 12.6. The molecule has 0 fully saturated rings. The van der Waals surface area contributed by atoms with Crippen LogP contribution in [0.15, 0.2) is 46.2 Å². The van der Waals surface area contributed by atoms with E-state index in [9.17, 15) is 4.79 Å². The SMILES string of the molecule is Cc1nc(-c2nnc(NC(=O)c3cc(-c4ccccc4)nn3C)o2)cs1. The molecule has 4 rings (SSSR count). The van der Waals surface area contributed by atoms with Gasteiger partial charge in [0.25, 0.3) is 11.8 Å². The van der Waals surface area contributed by atoms with Gasteiger partial charge in [0.15, 0.2) is 0 Å². The summed E-state index contributed by atoms with van der Waals surface area (Å²) in [4.78, 5) is 16.8. The van der Waals surface area contributed by atoms with Gasteiger partial charge in [0.1, 0.15) is 11.4 Å². The van der Waals surface area contributed by atoms with Crippen molar-refractivity contribution in [1.29, 1.82) is 0 Å². The maximum absolute atomic E-state index is 12.5. The fourth-order valence-corrected chi connectivity index (χ4v) is 3.02. The first-order valence-corrected chi connectivity index (χ1v) is 8.65. The maximum Gasteiger partial charge on any atom is 0.322 e. The van der Waals surface area contributed by atoms with Gasteiger partial charge in [-0.1, -0.05) is 35.4 Å². The lowest BCUT2D eigenvalue weighted by Gasteiger charge is -1.99. The summed E-state index contributed by atoms with van der Waals surface area (Å²) in [7, 11) is 1.71. The molecule has 0 saturated heterocycles. The fraction of sp³-hybridized carbons (Fsp3) is 0.118. The summed E-state index contributed by atoms with van der Waals surface area (Å²) in [5, 5.41) is 17.5. The van der Waals surface area contributed by atoms with E-state index in [-0.39, 0.29) is 17.8 Å². The van der Waals surface area contributed by atoms with E-state index < -0.39 is 0 Å². The zero-order valence-corrected chi connectivity index (χ0v) is 14.8. The van der Waals surface area contributed by atoms with E-state index >= 15 is 0 Å². The molecule has 130 valence electrons. The second-order valence-electron chi connectivity index (χ2n) is 5.52. The van der Waals surface area contributed by atoms with Gasteiger partial charge in [0, 0.05) is 18.0 Å². The maximum atomic E-state index is 12.5. The third-order valence-electron chi connectivity index (χ3n) is 3.67. The lowest BCUT2D eigenvalue weighted by Crippen LogP contribution is -2.16. The van der Waals surface area contributed by atoms with E-state index in [4.69, 9.17) is 4.42 Å². The quantitative estimate of drug-likeness (QED) is 0.596. The molecule has 0 saturated carbocycles. The molecular weight excluding hydrogens is 352 g/mol. The number of aromatic nitrogens is 5. The van der Waals surface area contributed by atoms with Gasteiger partial charge in [-0.25, -0.2) is 4.98 Å². The first kappa shape index (κ1) is 16.2. The van der Waals surface area contributed by atoms with Crippen LogP contribution in [0.25, 0.3) is 22.8 Å². The van der Waals surface area contributed by atoms with Crippen molar-refractivity contribution in [3.05, 3.63) is 52.5 Å². The van der Waals surface area contributed by atoms with E-state index in [1.54, 1.807) is 13.1 Å². The van der Waals surface area contributed by atoms with E-state index in [2.05, 4.69) is 25.6 Å². The van der Waals surface area contributed by atoms with Crippen molar-refractivity contribution < 1.29 is 9.21 Å². The zero-order valence-electron chi connectivity index (χ0n) is 14.0. The van der Waals surface area contributed by atoms with Crippen LogP contribution in [-0.4, -0.2) is 30.9 Å². The Morgan fingerprint density at radius 2 is 2.00 bits per heavy atom. The predicted molar refractivity (Wildman–Crippen MR) is 96.7 cm³/mol. The number of benzene rings is 1. The van der Waals surface area contributed by atoms with Crippen molar-refractivity contribution in [3.8, 4) is 22.8 Å². The summed E-state index contributed by atoms with van der Waals surface area (Å²) in [6.07, 6.45) is 0. The van der Waals surface area contributed by atoms with E-state index in [0.717, 1.165) is 10.6 Å². The number of nitrogens with one attached hydrogen (secondary N) is 1. The minimum atomic E-state index is -0.383. The first-order valence-electron chi connectivity index (χ1n) is 7.77. The Labute approximate surface area is 152 Å². The lowest BCUT2D eigenvalue weighted by atomic mass is 10.1. The molecule has 0 aliphatic rings. The van der Waals surface area contributed by atoms with Gasteiger partial charge in [0.05, 0.1) is 10.7 Å². The molecule has 4 aromatic rings. The Kier molecular flexibility index (Phi) is 4.05. The number of thiazole rings is 1. The molecule has 1 aromatic carbocycles. The smallest absolute Gasteiger partial charge is 0.322 e. The van der Waals surface area contributed by atoms with Crippen LogP contribution < -0.4 is 5.32 Å². The average molecular weight is 366 g/mol. The highest BCUT2D eigenvalue weighted by atomic mass is 32.1. The molecule has 0 aliphatic carbocycles. The summed E-state index contributed by atoms with van der Waals surface area (Å²) < 4.78 is 6.98. The average Bonchev–Trinajstić information content (AvgIpc) is 3.35. The van der Waals surface area contributed by atoms with Crippen LogP contribution in [0.4, 0.5) is 6.01 Å². The third-order valence-corrected chi connectivity index (χ3v) is 4.44. The van der Waals surface area contributed by atoms with Crippen LogP contribution in [0.1, 0.15) is 15.5 Å². The number of carbonyl (C=O) groups excluding carboxylic acids is 1. The Hall–Kier alpha value is -3.33. The highest BCUT2D eigenvalue weighted by molar-refractivity contribution is 7.09. The van der Waals surface area contributed by atoms with Crippen molar-refractivity contribution in [1.82, 2.24) is 25.0 Å². The lowest BCUT2D eigenvalue weighted by molar-refractivity contribution is 0.101. The van der Waals surface area contributed by atoms with Crippen LogP contribution in [0.3, 0.4) is 0 Å². The highest BCUT2D eigenvalue weighted by Gasteiger charge is 2.18. The van der Waals surface area contributed by atoms with Crippen molar-refractivity contribution in [3.63, 3.8) is 0 Å². The highest BCUT2D eigenvalue weighted by Crippen LogP contribution is 2.22. The number of anilines is 1. The summed E-state index contributed by atoms with van der Waals surface area (Å²) >= 11 is 1.48. The van der Waals surface area contributed by atoms with Gasteiger partial charge in [-0.2, -0.15) is 5.10 Å². The fourth-order valence-electron chi connectivity index (χ4n) is 2.43. The monoisotopic (exact) mass is 366 g/mol. The summed E-state index contributed by atoms with van der Waals surface area (Å²) in [6, 6.07) is 11.4. The molecule has 0 bridgehead atoms. The Morgan fingerprint density at radius 3 is 2.73 bits per heavy atom. The molecule has 1 amide bonds. The number of hydrogen-bond donors (Lipinski definition) is 1. The van der Waals surface area contributed by atoms with E-state index in [1.807, 2.05) is 42.6 Å². The van der Waals surface area contributed by atoms with Crippen molar-refractivity contribution in [2.75, 3.05) is 5.32 Å². The van der Waals surface area contributed by atoms with Gasteiger partial charge in [-0.3, -0.25) is 14.8 Å². The van der Waals surface area contributed by atoms with Crippen molar-refractivity contribution >= 4 is 23.3 Å². The molecule has 8 nitrogen and oxygen atoms in total. The van der Waals surface area contributed by atoms with Crippen LogP contribution in [0.2, 0.25) is 0 Å². The number of nitrogens with zero attached hydrogens (tertiary/aromatic N) is 5. The Bertz CT molecular complexity index is 1070. The van der Waals surface area contributed by atoms with Crippen molar-refractivity contribution in [2.45, 2.75) is 6.92 Å². The second kappa shape index (κ2) is 6.52. The Morgan fingerprint density at radius 1 is 1.19 bits per heavy atom. The largest absolute Gasteiger partial charge is 0.401 e. The van der Waals surface area contributed by atoms with Gasteiger partial charge in [-0.05, 0) is 13.0 Å². The minimum absolute atomic E-state index is 0.0121. The Balaban J connectivity index is 1.54. The second-order valence-corrected chi connectivity index (χ2v) is 6.58. The molecule has 0 atom stereocenters. The van der Waals surface area contributed by atoms with Crippen LogP contribution in [0, 0.1) is 6.92 Å². The predicted octanol–water partition coefficient (Wildman–Crippen LogP) is 3.15. The number of rotatable bonds is 4. The van der Waals surface area contributed by atoms with Gasteiger partial charge in [-0.15, -0.1) is 16.4 Å². The number of aryl methyl sites for hydroxylation is 2. The number of carbonyl (C=O) groups is 1. The zero-order chi connectivity index (χ0) is 18.1. The standard InChI is InChI=1S/C17H14N6O2S/c1-10-18-13(9-26-10)16-20-21-17(25-16)19-15(24)14-8-12(22-23(14)2)11-6-4-3-5-7-11/h3-9H,1-2H3,(H,19,21,24). The topological polar surface area (TPSA) is 98.7 Å². The van der Waals surface area contributed by atoms with Gasteiger partial charge in [0.2, 0.25) is 0 Å². The van der Waals surface area contributed by atoms with Crippen LogP contribution in [0.5, 0.6) is 0 Å². The molecule has 0 unspecified atom stereocenters. The molecular formula is C17H14N6O2S. The summed E-state index contributed by atoms with van der Waals surface area (Å²) in [5.74, 6) is -0.119. The molecule has 0 radical (unpaired) electrons. The molecule has 0 spiro atoms. The number of hydrogen-bond acceptors (Lipinski definition) is 7. The number of amides is 1. The van der Waals surface area contributed by atoms with Crippen LogP contribution >= 0.6 is 11.3 Å². The van der Waals surface area contributed by atoms with E-state index in [1.165, 1.54) is 16.0 Å². The summed E-state index contributed by atoms with van der Waals surface area (Å²) in [5.41, 5.74) is 2.61. The molecule has 26 heavy (non-hydrogen) atoms. The van der Waals surface area contributed by atoms with Crippen LogP contribution in [-0.2, 0) is 7.05 Å². The van der Waals surface area contributed by atoms with Crippen molar-refractivity contribution in [2.24, 2.45) is 7.05 Å². The van der Waals surface area contributed by atoms with Gasteiger partial charge < -0.3 is 4.42 Å². The normalized spacial score (nSPS) is 10.8. The molecule has 3 heterocycles. The molecule has 0 aliphatic heterocycles. The molecule has 9 heteroatoms. The van der Waals surface area contributed by atoms with Gasteiger partial charge >= 0.3 is 6.01 Å². The summed E-state index contributed by atoms with van der Waals surface area (Å²) in [6.45, 7) is 1.89. The molecule has 1 N–H and O–H groups in total. The minimum Gasteiger partial charge on any atom is -0.401 e. The molecule has 3 aromatic heterocycles. The van der Waals surface area contributed by atoms with E-state index in [0.29, 0.717) is 17.1 Å². The third kappa shape index (κ3) is 3.11.